The van der Waals surface area contributed by atoms with Crippen molar-refractivity contribution in [2.24, 2.45) is 4.99 Å². The van der Waals surface area contributed by atoms with Gasteiger partial charge in [-0.3, -0.25) is 0 Å². The summed E-state index contributed by atoms with van der Waals surface area (Å²) < 4.78 is 9.40. The number of ether oxygens (including phenoxy) is 1. The average molecular weight is 323 g/mol. The first kappa shape index (κ1) is 17.3. The number of hydrogen-bond acceptors (Lipinski definition) is 5. The molecule has 0 saturated carbocycles. The molecule has 7 heteroatoms. The molecule has 0 saturated heterocycles. The van der Waals surface area contributed by atoms with Crippen molar-refractivity contribution in [2.45, 2.75) is 12.5 Å². The Hall–Kier alpha value is -3.09. The van der Waals surface area contributed by atoms with E-state index in [9.17, 15) is 9.59 Å². The molecule has 1 atom stereocenters. The van der Waals surface area contributed by atoms with Gasteiger partial charge < -0.3 is 14.5 Å². The Morgan fingerprint density at radius 2 is 1.79 bits per heavy atom. The van der Waals surface area contributed by atoms with Crippen molar-refractivity contribution in [3.05, 3.63) is 65.7 Å². The zero-order valence-corrected chi connectivity index (χ0v) is 12.7. The van der Waals surface area contributed by atoms with Gasteiger partial charge in [-0.1, -0.05) is 30.3 Å². The maximum atomic E-state index is 11.9. The van der Waals surface area contributed by atoms with Gasteiger partial charge in [-0.25, -0.2) is 14.6 Å². The Morgan fingerprint density at radius 1 is 1.12 bits per heavy atom. The topological polar surface area (TPSA) is 85.2 Å². The lowest BCUT2D eigenvalue weighted by molar-refractivity contribution is -0.138. The monoisotopic (exact) mass is 323 g/mol. The van der Waals surface area contributed by atoms with Gasteiger partial charge in [-0.05, 0) is 29.8 Å². The van der Waals surface area contributed by atoms with Crippen LogP contribution in [0.3, 0.4) is 0 Å². The molecule has 0 aliphatic rings. The lowest BCUT2D eigenvalue weighted by atomic mass is 10.1. The molecule has 0 aromatic heterocycles. The summed E-state index contributed by atoms with van der Waals surface area (Å²) in [5.41, 5.74) is 1.17. The maximum Gasteiger partial charge on any atom is 0.375 e. The summed E-state index contributed by atoms with van der Waals surface area (Å²) in [6.07, 6.45) is 1.04. The number of carboxylic acids is 1. The summed E-state index contributed by atoms with van der Waals surface area (Å²) in [5.74, 6) is -1.19. The van der Waals surface area contributed by atoms with Gasteiger partial charge in [0.15, 0.2) is 12.4 Å². The van der Waals surface area contributed by atoms with E-state index >= 15 is 0 Å². The Morgan fingerprint density at radius 3 is 2.38 bits per heavy atom. The molecule has 0 bridgehead atoms. The SMILES string of the molecule is [B]OC=NC(Cc1ccc(OC(=O)c2ccccc2)cc1)C(=O)O. The minimum absolute atomic E-state index is 0.155. The van der Waals surface area contributed by atoms with E-state index in [1.54, 1.807) is 48.5 Å². The van der Waals surface area contributed by atoms with Crippen molar-refractivity contribution >= 4 is 26.4 Å². The number of hydrogen-bond donors (Lipinski definition) is 1. The van der Waals surface area contributed by atoms with Gasteiger partial charge in [0.25, 0.3) is 0 Å². The van der Waals surface area contributed by atoms with Crippen molar-refractivity contribution in [3.8, 4) is 5.75 Å². The van der Waals surface area contributed by atoms with E-state index in [1.807, 2.05) is 6.07 Å². The van der Waals surface area contributed by atoms with Gasteiger partial charge in [-0.15, -0.1) is 0 Å². The number of esters is 1. The molecular formula is C17H14BNO5. The lowest BCUT2D eigenvalue weighted by Gasteiger charge is -2.09. The third kappa shape index (κ3) is 4.98. The molecule has 1 N–H and O–H groups in total. The Labute approximate surface area is 140 Å². The molecule has 0 amide bonds. The number of nitrogens with zero attached hydrogens (tertiary/aromatic N) is 1. The van der Waals surface area contributed by atoms with E-state index in [1.165, 1.54) is 0 Å². The zero-order chi connectivity index (χ0) is 17.4. The van der Waals surface area contributed by atoms with Crippen LogP contribution in [0.15, 0.2) is 59.6 Å². The summed E-state index contributed by atoms with van der Waals surface area (Å²) in [4.78, 5) is 26.7. The van der Waals surface area contributed by atoms with Gasteiger partial charge in [0.2, 0.25) is 0 Å². The Bertz CT molecular complexity index is 716. The predicted octanol–water partition coefficient (Wildman–Crippen LogP) is 2.03. The molecule has 2 aromatic rings. The van der Waals surface area contributed by atoms with Crippen molar-refractivity contribution in [2.75, 3.05) is 0 Å². The number of carbonyl (C=O) groups is 2. The molecule has 2 aromatic carbocycles. The fourth-order valence-electron chi connectivity index (χ4n) is 1.97. The van der Waals surface area contributed by atoms with Gasteiger partial charge in [-0.2, -0.15) is 0 Å². The molecule has 0 spiro atoms. The minimum Gasteiger partial charge on any atom is -0.560 e. The van der Waals surface area contributed by atoms with Gasteiger partial charge in [0, 0.05) is 6.42 Å². The molecular weight excluding hydrogens is 309 g/mol. The summed E-state index contributed by atoms with van der Waals surface area (Å²) in [6.45, 7) is 0. The molecule has 120 valence electrons. The molecule has 0 fully saturated rings. The summed E-state index contributed by atoms with van der Waals surface area (Å²) in [5, 5.41) is 9.08. The van der Waals surface area contributed by atoms with Crippen LogP contribution in [0, 0.1) is 0 Å². The number of carbonyl (C=O) groups excluding carboxylic acids is 1. The third-order valence-electron chi connectivity index (χ3n) is 3.16. The van der Waals surface area contributed by atoms with Gasteiger partial charge >= 0.3 is 20.0 Å². The largest absolute Gasteiger partial charge is 0.560 e. The summed E-state index contributed by atoms with van der Waals surface area (Å²) >= 11 is 0. The zero-order valence-electron chi connectivity index (χ0n) is 12.7. The van der Waals surface area contributed by atoms with E-state index in [0.29, 0.717) is 11.3 Å². The number of aliphatic imine (C=N–C) groups is 1. The van der Waals surface area contributed by atoms with E-state index in [-0.39, 0.29) is 6.42 Å². The molecule has 2 rings (SSSR count). The molecule has 1 unspecified atom stereocenters. The molecule has 24 heavy (non-hydrogen) atoms. The first-order valence-corrected chi connectivity index (χ1v) is 7.06. The Balaban J connectivity index is 2.01. The second-order valence-corrected chi connectivity index (χ2v) is 4.85. The van der Waals surface area contributed by atoms with E-state index < -0.39 is 18.0 Å². The molecule has 0 aliphatic carbocycles. The van der Waals surface area contributed by atoms with Crippen LogP contribution in [-0.2, 0) is 15.9 Å². The van der Waals surface area contributed by atoms with Crippen molar-refractivity contribution in [1.82, 2.24) is 0 Å². The van der Waals surface area contributed by atoms with Crippen LogP contribution in [0.5, 0.6) is 5.75 Å². The highest BCUT2D eigenvalue weighted by atomic mass is 16.5. The van der Waals surface area contributed by atoms with Crippen LogP contribution in [0.1, 0.15) is 15.9 Å². The quantitative estimate of drug-likeness (QED) is 0.277. The second-order valence-electron chi connectivity index (χ2n) is 4.85. The number of benzene rings is 2. The summed E-state index contributed by atoms with van der Waals surface area (Å²) in [7, 11) is 4.79. The van der Waals surface area contributed by atoms with E-state index in [2.05, 4.69) is 9.65 Å². The average Bonchev–Trinajstić information content (AvgIpc) is 2.60. The first-order valence-electron chi connectivity index (χ1n) is 7.06. The number of rotatable bonds is 7. The van der Waals surface area contributed by atoms with E-state index in [4.69, 9.17) is 17.9 Å². The van der Waals surface area contributed by atoms with Crippen LogP contribution >= 0.6 is 0 Å². The summed E-state index contributed by atoms with van der Waals surface area (Å²) in [6, 6.07) is 14.1. The van der Waals surface area contributed by atoms with Gasteiger partial charge in [0.1, 0.15) is 5.75 Å². The van der Waals surface area contributed by atoms with Crippen LogP contribution < -0.4 is 4.74 Å². The van der Waals surface area contributed by atoms with E-state index in [0.717, 1.165) is 12.0 Å². The normalized spacial score (nSPS) is 11.8. The number of aliphatic carboxylic acids is 1. The highest BCUT2D eigenvalue weighted by Gasteiger charge is 2.16. The fraction of sp³-hybridized carbons (Fsp3) is 0.118. The van der Waals surface area contributed by atoms with Crippen molar-refractivity contribution in [3.63, 3.8) is 0 Å². The fourth-order valence-corrected chi connectivity index (χ4v) is 1.97. The lowest BCUT2D eigenvalue weighted by Crippen LogP contribution is -2.21. The van der Waals surface area contributed by atoms with Crippen LogP contribution in [-0.4, -0.2) is 37.5 Å². The smallest absolute Gasteiger partial charge is 0.375 e. The second kappa shape index (κ2) is 8.52. The highest BCUT2D eigenvalue weighted by molar-refractivity contribution is 6.02. The standard InChI is InChI=1S/C17H14BNO5/c18-23-11-19-15(16(20)21)10-12-6-8-14(9-7-12)24-17(22)13-4-2-1-3-5-13/h1-9,11,15H,10H2,(H,20,21). The molecule has 2 radical (unpaired) electrons. The molecule has 0 heterocycles. The molecule has 6 nitrogen and oxygen atoms in total. The maximum absolute atomic E-state index is 11.9. The van der Waals surface area contributed by atoms with Gasteiger partial charge in [0.05, 0.1) is 5.56 Å². The van der Waals surface area contributed by atoms with Crippen LogP contribution in [0.4, 0.5) is 0 Å². The number of carboxylic acid groups (broad SMARTS) is 1. The molecule has 0 aliphatic heterocycles. The minimum atomic E-state index is -1.09. The van der Waals surface area contributed by atoms with Crippen LogP contribution in [0.2, 0.25) is 0 Å². The van der Waals surface area contributed by atoms with Crippen molar-refractivity contribution in [1.29, 1.82) is 0 Å². The first-order chi connectivity index (χ1) is 11.6. The Kier molecular flexibility index (Phi) is 6.13. The third-order valence-corrected chi connectivity index (χ3v) is 3.16. The highest BCUT2D eigenvalue weighted by Crippen LogP contribution is 2.16. The predicted molar refractivity (Wildman–Crippen MR) is 88.3 cm³/mol. The van der Waals surface area contributed by atoms with Crippen LogP contribution in [0.25, 0.3) is 0 Å². The van der Waals surface area contributed by atoms with Crippen molar-refractivity contribution < 1.29 is 24.1 Å².